The standard InChI is InChI=1S/C21H27N3O3/c1-3-27-13-21(9-6-10-21)20-23-16-11-14(12-22-19(25)18(16)24-20)15-7-4-5-8-17(15)26-2/h4-5,7-8,14H,3,6,9-13H2,1-2H3,(H,22,25)(H,23,24). The summed E-state index contributed by atoms with van der Waals surface area (Å²) in [4.78, 5) is 20.9. The number of hydrogen-bond donors (Lipinski definition) is 2. The Hall–Kier alpha value is -2.34. The number of hydrogen-bond acceptors (Lipinski definition) is 4. The van der Waals surface area contributed by atoms with Crippen LogP contribution in [-0.2, 0) is 16.6 Å². The van der Waals surface area contributed by atoms with Crippen molar-refractivity contribution in [2.24, 2.45) is 0 Å². The predicted octanol–water partition coefficient (Wildman–Crippen LogP) is 2.95. The summed E-state index contributed by atoms with van der Waals surface area (Å²) in [5.74, 6) is 1.80. The van der Waals surface area contributed by atoms with E-state index in [1.54, 1.807) is 7.11 Å². The molecule has 2 N–H and O–H groups in total. The lowest BCUT2D eigenvalue weighted by molar-refractivity contribution is 0.0475. The minimum Gasteiger partial charge on any atom is -0.496 e. The summed E-state index contributed by atoms with van der Waals surface area (Å²) in [5.41, 5.74) is 2.49. The van der Waals surface area contributed by atoms with Crippen molar-refractivity contribution in [2.45, 2.75) is 43.9 Å². The Balaban J connectivity index is 1.65. The topological polar surface area (TPSA) is 76.2 Å². The molecule has 1 aliphatic carbocycles. The molecule has 27 heavy (non-hydrogen) atoms. The number of fused-ring (bicyclic) bond motifs is 1. The summed E-state index contributed by atoms with van der Waals surface area (Å²) in [6.07, 6.45) is 4.01. The number of nitrogens with one attached hydrogen (secondary N) is 2. The van der Waals surface area contributed by atoms with Crippen LogP contribution in [-0.4, -0.2) is 42.7 Å². The van der Waals surface area contributed by atoms with Crippen molar-refractivity contribution in [3.8, 4) is 5.75 Å². The van der Waals surface area contributed by atoms with Gasteiger partial charge < -0.3 is 19.8 Å². The molecule has 2 heterocycles. The molecule has 1 aromatic carbocycles. The van der Waals surface area contributed by atoms with Gasteiger partial charge in [-0.1, -0.05) is 24.6 Å². The van der Waals surface area contributed by atoms with Crippen LogP contribution in [0.4, 0.5) is 0 Å². The van der Waals surface area contributed by atoms with Gasteiger partial charge in [0, 0.05) is 24.8 Å². The number of rotatable bonds is 6. The Labute approximate surface area is 159 Å². The number of carbonyl (C=O) groups excluding carboxylic acids is 1. The number of H-pyrrole nitrogens is 1. The number of para-hydroxylation sites is 1. The van der Waals surface area contributed by atoms with E-state index in [1.165, 1.54) is 6.42 Å². The van der Waals surface area contributed by atoms with Crippen LogP contribution < -0.4 is 10.1 Å². The lowest BCUT2D eigenvalue weighted by Crippen LogP contribution is -2.40. The highest BCUT2D eigenvalue weighted by Crippen LogP contribution is 2.43. The molecule has 1 amide bonds. The second-order valence-corrected chi connectivity index (χ2v) is 7.54. The van der Waals surface area contributed by atoms with Crippen LogP contribution in [0, 0.1) is 0 Å². The summed E-state index contributed by atoms with van der Waals surface area (Å²) < 4.78 is 11.3. The van der Waals surface area contributed by atoms with E-state index in [0.717, 1.165) is 42.1 Å². The van der Waals surface area contributed by atoms with E-state index in [1.807, 2.05) is 25.1 Å². The Kier molecular flexibility index (Phi) is 4.91. The van der Waals surface area contributed by atoms with Crippen LogP contribution in [0.5, 0.6) is 5.75 Å². The van der Waals surface area contributed by atoms with Crippen molar-refractivity contribution in [3.63, 3.8) is 0 Å². The van der Waals surface area contributed by atoms with Crippen LogP contribution in [0.25, 0.3) is 0 Å². The lowest BCUT2D eigenvalue weighted by Gasteiger charge is -2.39. The summed E-state index contributed by atoms with van der Waals surface area (Å²) >= 11 is 0. The number of imidazole rings is 1. The maximum Gasteiger partial charge on any atom is 0.271 e. The Morgan fingerprint density at radius 2 is 2.11 bits per heavy atom. The molecule has 1 aromatic heterocycles. The molecule has 2 aromatic rings. The molecule has 144 valence electrons. The zero-order valence-corrected chi connectivity index (χ0v) is 16.0. The molecule has 1 saturated carbocycles. The highest BCUT2D eigenvalue weighted by molar-refractivity contribution is 5.94. The fourth-order valence-corrected chi connectivity index (χ4v) is 4.19. The first-order valence-electron chi connectivity index (χ1n) is 9.75. The molecule has 2 aliphatic rings. The van der Waals surface area contributed by atoms with Gasteiger partial charge in [-0.25, -0.2) is 4.98 Å². The van der Waals surface area contributed by atoms with E-state index in [4.69, 9.17) is 14.5 Å². The Morgan fingerprint density at radius 1 is 1.30 bits per heavy atom. The van der Waals surface area contributed by atoms with Crippen LogP contribution in [0.2, 0.25) is 0 Å². The molecular formula is C21H27N3O3. The molecule has 6 nitrogen and oxygen atoms in total. The number of methoxy groups -OCH3 is 1. The van der Waals surface area contributed by atoms with Crippen molar-refractivity contribution < 1.29 is 14.3 Å². The number of benzene rings is 1. The highest BCUT2D eigenvalue weighted by atomic mass is 16.5. The molecule has 0 radical (unpaired) electrons. The first-order chi connectivity index (χ1) is 13.2. The lowest BCUT2D eigenvalue weighted by atomic mass is 9.69. The van der Waals surface area contributed by atoms with E-state index in [2.05, 4.69) is 16.4 Å². The molecule has 1 unspecified atom stereocenters. The van der Waals surface area contributed by atoms with Gasteiger partial charge in [-0.15, -0.1) is 0 Å². The monoisotopic (exact) mass is 369 g/mol. The van der Waals surface area contributed by atoms with E-state index in [-0.39, 0.29) is 17.2 Å². The number of aromatic amines is 1. The SMILES string of the molecule is CCOCC1(c2nc3c([nH]2)CC(c2ccccc2OC)CNC3=O)CCC1. The predicted molar refractivity (Wildman–Crippen MR) is 102 cm³/mol. The molecule has 0 saturated heterocycles. The van der Waals surface area contributed by atoms with Gasteiger partial charge >= 0.3 is 0 Å². The summed E-state index contributed by atoms with van der Waals surface area (Å²) in [6, 6.07) is 8.01. The summed E-state index contributed by atoms with van der Waals surface area (Å²) in [5, 5.41) is 3.04. The van der Waals surface area contributed by atoms with Crippen LogP contribution in [0.1, 0.15) is 59.7 Å². The van der Waals surface area contributed by atoms with Crippen molar-refractivity contribution in [1.82, 2.24) is 15.3 Å². The third-order valence-electron chi connectivity index (χ3n) is 5.93. The average Bonchev–Trinajstić information content (AvgIpc) is 3.01. The number of carbonyl (C=O) groups is 1. The third kappa shape index (κ3) is 3.23. The first kappa shape index (κ1) is 18.0. The largest absolute Gasteiger partial charge is 0.496 e. The Morgan fingerprint density at radius 3 is 2.81 bits per heavy atom. The van der Waals surface area contributed by atoms with Gasteiger partial charge in [-0.05, 0) is 37.8 Å². The number of amides is 1. The van der Waals surface area contributed by atoms with Gasteiger partial charge in [0.1, 0.15) is 17.3 Å². The Bertz CT molecular complexity index is 826. The zero-order valence-electron chi connectivity index (χ0n) is 16.0. The average molecular weight is 369 g/mol. The number of ether oxygens (including phenoxy) is 2. The number of aromatic nitrogens is 2. The van der Waals surface area contributed by atoms with Gasteiger partial charge in [0.25, 0.3) is 5.91 Å². The molecule has 0 spiro atoms. The first-order valence-corrected chi connectivity index (χ1v) is 9.75. The molecular weight excluding hydrogens is 342 g/mol. The summed E-state index contributed by atoms with van der Waals surface area (Å²) in [7, 11) is 1.68. The van der Waals surface area contributed by atoms with Crippen molar-refractivity contribution >= 4 is 5.91 Å². The van der Waals surface area contributed by atoms with Gasteiger partial charge in [0.15, 0.2) is 0 Å². The minimum atomic E-state index is -0.101. The van der Waals surface area contributed by atoms with Gasteiger partial charge in [-0.2, -0.15) is 0 Å². The van der Waals surface area contributed by atoms with E-state index >= 15 is 0 Å². The fourth-order valence-electron chi connectivity index (χ4n) is 4.19. The van der Waals surface area contributed by atoms with Crippen molar-refractivity contribution in [3.05, 3.63) is 47.0 Å². The molecule has 4 rings (SSSR count). The minimum absolute atomic E-state index is 0.0670. The van der Waals surface area contributed by atoms with Gasteiger partial charge in [0.05, 0.1) is 19.1 Å². The molecule has 6 heteroatoms. The number of nitrogens with zero attached hydrogens (tertiary/aromatic N) is 1. The molecule has 0 bridgehead atoms. The maximum absolute atomic E-state index is 12.6. The van der Waals surface area contributed by atoms with E-state index in [9.17, 15) is 4.79 Å². The normalized spacial score (nSPS) is 21.0. The van der Waals surface area contributed by atoms with Crippen LogP contribution in [0.3, 0.4) is 0 Å². The second kappa shape index (κ2) is 7.35. The van der Waals surface area contributed by atoms with E-state index in [0.29, 0.717) is 25.5 Å². The van der Waals surface area contributed by atoms with Crippen molar-refractivity contribution in [1.29, 1.82) is 0 Å². The van der Waals surface area contributed by atoms with E-state index < -0.39 is 0 Å². The molecule has 1 aliphatic heterocycles. The van der Waals surface area contributed by atoms with Crippen LogP contribution in [0.15, 0.2) is 24.3 Å². The fraction of sp³-hybridized carbons (Fsp3) is 0.524. The van der Waals surface area contributed by atoms with Crippen molar-refractivity contribution in [2.75, 3.05) is 26.9 Å². The summed E-state index contributed by atoms with van der Waals surface area (Å²) in [6.45, 7) is 3.93. The smallest absolute Gasteiger partial charge is 0.271 e. The molecule has 1 atom stereocenters. The van der Waals surface area contributed by atoms with Gasteiger partial charge in [0.2, 0.25) is 0 Å². The maximum atomic E-state index is 12.6. The quantitative estimate of drug-likeness (QED) is 0.821. The second-order valence-electron chi connectivity index (χ2n) is 7.54. The zero-order chi connectivity index (χ0) is 18.9. The van der Waals surface area contributed by atoms with Crippen LogP contribution >= 0.6 is 0 Å². The third-order valence-corrected chi connectivity index (χ3v) is 5.93. The highest BCUT2D eigenvalue weighted by Gasteiger charge is 2.43. The van der Waals surface area contributed by atoms with Gasteiger partial charge in [-0.3, -0.25) is 4.79 Å². The molecule has 1 fully saturated rings.